The van der Waals surface area contributed by atoms with Crippen molar-refractivity contribution in [2.45, 2.75) is 32.2 Å². The van der Waals surface area contributed by atoms with E-state index in [0.717, 1.165) is 37.5 Å². The summed E-state index contributed by atoms with van der Waals surface area (Å²) in [5.41, 5.74) is 2.36. The van der Waals surface area contributed by atoms with E-state index in [1.54, 1.807) is 12.1 Å². The summed E-state index contributed by atoms with van der Waals surface area (Å²) in [6.45, 7) is 6.54. The minimum Gasteiger partial charge on any atom is -0.311 e. The largest absolute Gasteiger partial charge is 0.311 e. The third-order valence-corrected chi connectivity index (χ3v) is 4.48. The van der Waals surface area contributed by atoms with Crippen LogP contribution in [0.15, 0.2) is 18.2 Å². The highest BCUT2D eigenvalue weighted by Gasteiger charge is 2.33. The quantitative estimate of drug-likeness (QED) is 0.896. The molecule has 0 amide bonds. The van der Waals surface area contributed by atoms with Gasteiger partial charge in [-0.3, -0.25) is 0 Å². The van der Waals surface area contributed by atoms with Crippen LogP contribution in [0, 0.1) is 18.7 Å². The third-order valence-electron chi connectivity index (χ3n) is 4.48. The van der Waals surface area contributed by atoms with Gasteiger partial charge in [-0.1, -0.05) is 6.07 Å². The summed E-state index contributed by atoms with van der Waals surface area (Å²) in [7, 11) is 0. The topological polar surface area (TPSA) is 15.3 Å². The van der Waals surface area contributed by atoms with Crippen molar-refractivity contribution in [2.75, 3.05) is 26.2 Å². The molecular formula is C16H23FN2. The predicted octanol–water partition coefficient (Wildman–Crippen LogP) is 2.36. The van der Waals surface area contributed by atoms with Gasteiger partial charge >= 0.3 is 0 Å². The lowest BCUT2D eigenvalue weighted by Crippen LogP contribution is -2.52. The van der Waals surface area contributed by atoms with E-state index in [-0.39, 0.29) is 5.82 Å². The van der Waals surface area contributed by atoms with Crippen LogP contribution in [-0.2, 0) is 6.42 Å². The maximum atomic E-state index is 13.1. The monoisotopic (exact) mass is 262 g/mol. The first-order chi connectivity index (χ1) is 9.22. The average molecular weight is 262 g/mol. The minimum atomic E-state index is -0.128. The van der Waals surface area contributed by atoms with Crippen LogP contribution in [0.2, 0.25) is 0 Å². The van der Waals surface area contributed by atoms with Crippen molar-refractivity contribution in [1.82, 2.24) is 10.2 Å². The van der Waals surface area contributed by atoms with Crippen LogP contribution in [0.3, 0.4) is 0 Å². The number of piperazine rings is 1. The van der Waals surface area contributed by atoms with Crippen molar-refractivity contribution in [2.24, 2.45) is 5.92 Å². The molecule has 2 aliphatic rings. The van der Waals surface area contributed by atoms with Crippen molar-refractivity contribution in [1.29, 1.82) is 0 Å². The zero-order valence-electron chi connectivity index (χ0n) is 11.7. The second kappa shape index (κ2) is 5.59. The predicted molar refractivity (Wildman–Crippen MR) is 75.8 cm³/mol. The van der Waals surface area contributed by atoms with Crippen LogP contribution >= 0.6 is 0 Å². The molecule has 0 radical (unpaired) electrons. The Morgan fingerprint density at radius 2 is 2.21 bits per heavy atom. The molecule has 0 bridgehead atoms. The molecule has 104 valence electrons. The molecule has 1 heterocycles. The molecule has 1 atom stereocenters. The number of nitrogens with one attached hydrogen (secondary N) is 1. The van der Waals surface area contributed by atoms with Gasteiger partial charge in [0.25, 0.3) is 0 Å². The van der Waals surface area contributed by atoms with Gasteiger partial charge in [-0.25, -0.2) is 4.39 Å². The molecule has 19 heavy (non-hydrogen) atoms. The molecule has 1 aromatic carbocycles. The molecule has 1 aromatic rings. The number of aryl methyl sites for hydroxylation is 1. The van der Waals surface area contributed by atoms with Gasteiger partial charge in [-0.15, -0.1) is 0 Å². The van der Waals surface area contributed by atoms with Gasteiger partial charge < -0.3 is 10.2 Å². The molecule has 0 spiro atoms. The van der Waals surface area contributed by atoms with Crippen molar-refractivity contribution >= 4 is 0 Å². The number of halogens is 1. The first kappa shape index (κ1) is 13.1. The summed E-state index contributed by atoms with van der Waals surface area (Å²) < 4.78 is 13.1. The van der Waals surface area contributed by atoms with Crippen LogP contribution in [0.4, 0.5) is 4.39 Å². The Morgan fingerprint density at radius 1 is 1.37 bits per heavy atom. The molecule has 1 aliphatic heterocycles. The molecule has 2 fully saturated rings. The fourth-order valence-corrected chi connectivity index (χ4v) is 3.08. The molecule has 2 nitrogen and oxygen atoms in total. The van der Waals surface area contributed by atoms with Gasteiger partial charge in [0.2, 0.25) is 0 Å². The highest BCUT2D eigenvalue weighted by atomic mass is 19.1. The number of hydrogen-bond acceptors (Lipinski definition) is 2. The van der Waals surface area contributed by atoms with Gasteiger partial charge in [0.05, 0.1) is 0 Å². The first-order valence-corrected chi connectivity index (χ1v) is 7.43. The molecule has 3 heteroatoms. The molecular weight excluding hydrogens is 239 g/mol. The van der Waals surface area contributed by atoms with Crippen LogP contribution in [0.1, 0.15) is 24.0 Å². The van der Waals surface area contributed by atoms with Gasteiger partial charge in [0.15, 0.2) is 0 Å². The lowest BCUT2D eigenvalue weighted by atomic mass is 10.0. The summed E-state index contributed by atoms with van der Waals surface area (Å²) in [6, 6.07) is 5.86. The van der Waals surface area contributed by atoms with E-state index in [1.807, 2.05) is 13.0 Å². The molecule has 0 aromatic heterocycles. The smallest absolute Gasteiger partial charge is 0.123 e. The normalized spacial score (nSPS) is 24.6. The Labute approximate surface area is 115 Å². The Morgan fingerprint density at radius 3 is 2.95 bits per heavy atom. The molecule has 1 N–H and O–H groups in total. The number of benzene rings is 1. The van der Waals surface area contributed by atoms with Gasteiger partial charge in [0.1, 0.15) is 5.82 Å². The maximum absolute atomic E-state index is 13.1. The lowest BCUT2D eigenvalue weighted by Gasteiger charge is -2.34. The summed E-state index contributed by atoms with van der Waals surface area (Å²) in [6.07, 6.45) is 3.84. The molecule has 3 rings (SSSR count). The van der Waals surface area contributed by atoms with E-state index in [4.69, 9.17) is 0 Å². The fourth-order valence-electron chi connectivity index (χ4n) is 3.08. The summed E-state index contributed by atoms with van der Waals surface area (Å²) >= 11 is 0. The van der Waals surface area contributed by atoms with E-state index in [1.165, 1.54) is 24.9 Å². The minimum absolute atomic E-state index is 0.128. The van der Waals surface area contributed by atoms with Crippen LogP contribution in [0.5, 0.6) is 0 Å². The SMILES string of the molecule is Cc1cc(F)ccc1CCN1CCNC(C2CC2)C1. The first-order valence-electron chi connectivity index (χ1n) is 7.43. The second-order valence-corrected chi connectivity index (χ2v) is 6.02. The van der Waals surface area contributed by atoms with Crippen LogP contribution in [-0.4, -0.2) is 37.1 Å². The highest BCUT2D eigenvalue weighted by molar-refractivity contribution is 5.26. The van der Waals surface area contributed by atoms with Gasteiger partial charge in [-0.05, 0) is 55.4 Å². The van der Waals surface area contributed by atoms with Crippen molar-refractivity contribution in [3.05, 3.63) is 35.1 Å². The van der Waals surface area contributed by atoms with Crippen molar-refractivity contribution in [3.8, 4) is 0 Å². The Balaban J connectivity index is 1.53. The fraction of sp³-hybridized carbons (Fsp3) is 0.625. The third kappa shape index (κ3) is 3.34. The number of nitrogens with zero attached hydrogens (tertiary/aromatic N) is 1. The van der Waals surface area contributed by atoms with E-state index in [0.29, 0.717) is 6.04 Å². The summed E-state index contributed by atoms with van der Waals surface area (Å²) in [4.78, 5) is 2.56. The van der Waals surface area contributed by atoms with E-state index >= 15 is 0 Å². The Bertz CT molecular complexity index is 442. The number of hydrogen-bond donors (Lipinski definition) is 1. The Kier molecular flexibility index (Phi) is 3.85. The van der Waals surface area contributed by atoms with Crippen molar-refractivity contribution < 1.29 is 4.39 Å². The number of rotatable bonds is 4. The van der Waals surface area contributed by atoms with Gasteiger partial charge in [0, 0.05) is 32.2 Å². The van der Waals surface area contributed by atoms with Crippen molar-refractivity contribution in [3.63, 3.8) is 0 Å². The lowest BCUT2D eigenvalue weighted by molar-refractivity contribution is 0.190. The summed E-state index contributed by atoms with van der Waals surface area (Å²) in [5.74, 6) is 0.799. The second-order valence-electron chi connectivity index (χ2n) is 6.02. The molecule has 1 unspecified atom stereocenters. The Hall–Kier alpha value is -0.930. The van der Waals surface area contributed by atoms with E-state index in [9.17, 15) is 4.39 Å². The zero-order valence-corrected chi connectivity index (χ0v) is 11.7. The maximum Gasteiger partial charge on any atom is 0.123 e. The standard InChI is InChI=1S/C16H23FN2/c1-12-10-15(17)5-4-13(12)6-8-19-9-7-18-16(11-19)14-2-3-14/h4-5,10,14,16,18H,2-3,6-9,11H2,1H3. The average Bonchev–Trinajstić information content (AvgIpc) is 3.22. The van der Waals surface area contributed by atoms with Crippen LogP contribution < -0.4 is 5.32 Å². The zero-order chi connectivity index (χ0) is 13.2. The van der Waals surface area contributed by atoms with Crippen LogP contribution in [0.25, 0.3) is 0 Å². The summed E-state index contributed by atoms with van der Waals surface area (Å²) in [5, 5.41) is 3.64. The van der Waals surface area contributed by atoms with E-state index < -0.39 is 0 Å². The van der Waals surface area contributed by atoms with E-state index in [2.05, 4.69) is 10.2 Å². The molecule has 1 saturated heterocycles. The highest BCUT2D eigenvalue weighted by Crippen LogP contribution is 2.33. The molecule has 1 aliphatic carbocycles. The van der Waals surface area contributed by atoms with Gasteiger partial charge in [-0.2, -0.15) is 0 Å². The molecule has 1 saturated carbocycles.